The number of rotatable bonds is 3. The Kier molecular flexibility index (Phi) is 4.82. The minimum Gasteiger partial charge on any atom is -0.488 e. The number of imidazole rings is 1. The van der Waals surface area contributed by atoms with Gasteiger partial charge < -0.3 is 9.30 Å². The summed E-state index contributed by atoms with van der Waals surface area (Å²) in [5, 5.41) is 9.67. The smallest absolute Gasteiger partial charge is 0.215 e. The van der Waals surface area contributed by atoms with Crippen LogP contribution < -0.4 is 4.74 Å². The molecule has 5 nitrogen and oxygen atoms in total. The van der Waals surface area contributed by atoms with Gasteiger partial charge in [-0.05, 0) is 53.9 Å². The lowest BCUT2D eigenvalue weighted by molar-refractivity contribution is 0.305. The number of halogens is 2. The van der Waals surface area contributed by atoms with Crippen LogP contribution >= 0.6 is 0 Å². The van der Waals surface area contributed by atoms with Crippen molar-refractivity contribution in [3.8, 4) is 11.8 Å². The average Bonchev–Trinajstić information content (AvgIpc) is 3.05. The van der Waals surface area contributed by atoms with E-state index in [1.54, 1.807) is 19.1 Å². The Balaban J connectivity index is 1.45. The summed E-state index contributed by atoms with van der Waals surface area (Å²) in [5.74, 6) is 0.160. The molecule has 0 N–H and O–H groups in total. The van der Waals surface area contributed by atoms with Crippen molar-refractivity contribution in [2.45, 2.75) is 20.1 Å². The van der Waals surface area contributed by atoms with E-state index in [0.29, 0.717) is 29.1 Å². The van der Waals surface area contributed by atoms with Gasteiger partial charge >= 0.3 is 0 Å². The SMILES string of the molecule is C/C(C#N)=C1\c2ccc(Cn3c(C4=CC=C4)nc4nc(F)ccc43)cc2COc2cc(F)ccc21. The molecule has 7 heteroatoms. The third-order valence-electron chi connectivity index (χ3n) is 6.31. The van der Waals surface area contributed by atoms with E-state index in [-0.39, 0.29) is 6.61 Å². The van der Waals surface area contributed by atoms with Crippen LogP contribution in [0.1, 0.15) is 35.0 Å². The molecule has 170 valence electrons. The van der Waals surface area contributed by atoms with Crippen LogP contribution in [0.25, 0.3) is 22.3 Å². The highest BCUT2D eigenvalue weighted by Gasteiger charge is 2.23. The second kappa shape index (κ2) is 8.03. The van der Waals surface area contributed by atoms with E-state index in [2.05, 4.69) is 16.0 Å². The minimum absolute atomic E-state index is 0.236. The summed E-state index contributed by atoms with van der Waals surface area (Å²) in [6.45, 7) is 2.47. The van der Waals surface area contributed by atoms with E-state index < -0.39 is 11.8 Å². The molecule has 4 aromatic rings. The third kappa shape index (κ3) is 3.51. The normalized spacial score (nSPS) is 15.3. The number of nitrogens with zero attached hydrogens (tertiary/aromatic N) is 4. The van der Waals surface area contributed by atoms with Crippen molar-refractivity contribution < 1.29 is 13.5 Å². The molecule has 2 aromatic heterocycles. The molecule has 3 heterocycles. The number of nitriles is 1. The average molecular weight is 464 g/mol. The number of pyridine rings is 1. The molecular weight excluding hydrogens is 446 g/mol. The van der Waals surface area contributed by atoms with Crippen molar-refractivity contribution >= 4 is 22.3 Å². The van der Waals surface area contributed by atoms with Crippen molar-refractivity contribution in [3.63, 3.8) is 0 Å². The van der Waals surface area contributed by atoms with E-state index in [4.69, 9.17) is 4.74 Å². The summed E-state index contributed by atoms with van der Waals surface area (Å²) < 4.78 is 35.6. The van der Waals surface area contributed by atoms with Crippen LogP contribution in [0.3, 0.4) is 0 Å². The first kappa shape index (κ1) is 21.0. The standard InChI is InChI=1S/C28H18F2N4O/c1-16(13-31)26-21-7-5-17(11-19(21)15-35-24-12-20(29)6-8-22(24)26)14-34-23-9-10-25(30)32-27(23)33-28(34)18-3-2-4-18/h2-12H,14-15H2,1H3/b26-16-. The molecule has 0 atom stereocenters. The Bertz CT molecular complexity index is 1670. The number of hydrogen-bond acceptors (Lipinski definition) is 4. The van der Waals surface area contributed by atoms with Gasteiger partial charge in [0.05, 0.1) is 11.6 Å². The minimum atomic E-state index is -0.572. The van der Waals surface area contributed by atoms with Crippen molar-refractivity contribution in [1.82, 2.24) is 14.5 Å². The van der Waals surface area contributed by atoms with Crippen LogP contribution in [0.15, 0.2) is 72.3 Å². The first-order chi connectivity index (χ1) is 17.0. The number of benzene rings is 2. The lowest BCUT2D eigenvalue weighted by Crippen LogP contribution is -2.07. The van der Waals surface area contributed by atoms with Crippen molar-refractivity contribution in [3.05, 3.63) is 112 Å². The molecule has 1 aliphatic carbocycles. The van der Waals surface area contributed by atoms with Crippen LogP contribution in [0, 0.1) is 23.1 Å². The van der Waals surface area contributed by atoms with E-state index in [1.165, 1.54) is 18.2 Å². The summed E-state index contributed by atoms with van der Waals surface area (Å²) >= 11 is 0. The summed E-state index contributed by atoms with van der Waals surface area (Å²) in [6, 6.07) is 15.6. The molecule has 0 saturated carbocycles. The van der Waals surface area contributed by atoms with E-state index >= 15 is 0 Å². The maximum absolute atomic E-state index is 13.9. The molecule has 6 rings (SSSR count). The lowest BCUT2D eigenvalue weighted by atomic mass is 9.90. The van der Waals surface area contributed by atoms with Crippen LogP contribution in [0.4, 0.5) is 8.78 Å². The van der Waals surface area contributed by atoms with Gasteiger partial charge in [-0.1, -0.05) is 30.4 Å². The molecule has 0 fully saturated rings. The molecular formula is C28H18F2N4O. The molecule has 0 spiro atoms. The van der Waals surface area contributed by atoms with Gasteiger partial charge in [0.2, 0.25) is 5.95 Å². The van der Waals surface area contributed by atoms with Gasteiger partial charge in [-0.3, -0.25) is 0 Å². The predicted octanol–water partition coefficient (Wildman–Crippen LogP) is 5.95. The summed E-state index contributed by atoms with van der Waals surface area (Å²) in [7, 11) is 0. The lowest BCUT2D eigenvalue weighted by Gasteiger charge is -2.15. The van der Waals surface area contributed by atoms with Crippen molar-refractivity contribution in [1.29, 1.82) is 5.26 Å². The van der Waals surface area contributed by atoms with Gasteiger partial charge in [-0.25, -0.2) is 9.37 Å². The van der Waals surface area contributed by atoms with Crippen LogP contribution in [0.5, 0.6) is 5.75 Å². The van der Waals surface area contributed by atoms with Gasteiger partial charge in [0.1, 0.15) is 24.0 Å². The largest absolute Gasteiger partial charge is 0.488 e. The van der Waals surface area contributed by atoms with Gasteiger partial charge in [0.15, 0.2) is 5.65 Å². The van der Waals surface area contributed by atoms with Crippen LogP contribution in [-0.4, -0.2) is 14.5 Å². The van der Waals surface area contributed by atoms with Gasteiger partial charge in [0.25, 0.3) is 0 Å². The number of ether oxygens (including phenoxy) is 1. The van der Waals surface area contributed by atoms with Gasteiger partial charge in [-0.2, -0.15) is 14.6 Å². The first-order valence-corrected chi connectivity index (χ1v) is 11.1. The summed E-state index contributed by atoms with van der Waals surface area (Å²) in [6.07, 6.45) is 5.84. The predicted molar refractivity (Wildman–Crippen MR) is 128 cm³/mol. The third-order valence-corrected chi connectivity index (χ3v) is 6.31. The van der Waals surface area contributed by atoms with E-state index in [1.807, 2.05) is 41.0 Å². The fourth-order valence-electron chi connectivity index (χ4n) is 4.58. The molecule has 1 aliphatic heterocycles. The fourth-order valence-corrected chi connectivity index (χ4v) is 4.58. The molecule has 0 amide bonds. The molecule has 0 bridgehead atoms. The van der Waals surface area contributed by atoms with Crippen LogP contribution in [-0.2, 0) is 13.2 Å². The van der Waals surface area contributed by atoms with Gasteiger partial charge in [0, 0.05) is 34.9 Å². The Morgan fingerprint density at radius 3 is 2.69 bits per heavy atom. The molecule has 0 radical (unpaired) electrons. The second-order valence-corrected chi connectivity index (χ2v) is 8.51. The Hall–Kier alpha value is -4.57. The van der Waals surface area contributed by atoms with E-state index in [0.717, 1.165) is 39.2 Å². The zero-order valence-electron chi connectivity index (χ0n) is 18.7. The molecule has 0 saturated heterocycles. The summed E-state index contributed by atoms with van der Waals surface area (Å²) in [4.78, 5) is 8.52. The Morgan fingerprint density at radius 1 is 1.09 bits per heavy atom. The number of aromatic nitrogens is 3. The number of hydrogen-bond donors (Lipinski definition) is 0. The fraction of sp³-hybridized carbons (Fsp3) is 0.107. The zero-order chi connectivity index (χ0) is 24.1. The molecule has 35 heavy (non-hydrogen) atoms. The second-order valence-electron chi connectivity index (χ2n) is 8.51. The number of allylic oxidation sites excluding steroid dienone is 5. The molecule has 2 aliphatic rings. The number of fused-ring (bicyclic) bond motifs is 3. The maximum atomic E-state index is 13.9. The van der Waals surface area contributed by atoms with Gasteiger partial charge in [-0.15, -0.1) is 0 Å². The zero-order valence-corrected chi connectivity index (χ0v) is 18.7. The quantitative estimate of drug-likeness (QED) is 0.278. The van der Waals surface area contributed by atoms with Crippen LogP contribution in [0.2, 0.25) is 0 Å². The van der Waals surface area contributed by atoms with Crippen molar-refractivity contribution in [2.24, 2.45) is 0 Å². The van der Waals surface area contributed by atoms with E-state index in [9.17, 15) is 14.0 Å². The molecule has 0 unspecified atom stereocenters. The van der Waals surface area contributed by atoms with Crippen molar-refractivity contribution in [2.75, 3.05) is 0 Å². The first-order valence-electron chi connectivity index (χ1n) is 11.1. The Labute approximate surface area is 199 Å². The topological polar surface area (TPSA) is 63.7 Å². The highest BCUT2D eigenvalue weighted by molar-refractivity contribution is 5.88. The Morgan fingerprint density at radius 2 is 1.91 bits per heavy atom. The maximum Gasteiger partial charge on any atom is 0.215 e. The highest BCUT2D eigenvalue weighted by Crippen LogP contribution is 2.39. The highest BCUT2D eigenvalue weighted by atomic mass is 19.1. The molecule has 2 aromatic carbocycles. The monoisotopic (exact) mass is 464 g/mol. The summed E-state index contributed by atoms with van der Waals surface area (Å²) in [5.41, 5.74) is 6.74.